The molecule has 0 radical (unpaired) electrons. The molecule has 1 aromatic rings. The largest absolute Gasteiger partial charge is 0.370 e. The Morgan fingerprint density at radius 3 is 2.59 bits per heavy atom. The number of Topliss-reactive ketones (excluding diaryl/α,β-unsaturated/α-hetero) is 1. The average Bonchev–Trinajstić information content (AvgIpc) is 2.70. The molecular formula is C13H14F2O2. The summed E-state index contributed by atoms with van der Waals surface area (Å²) in [5.74, 6) is -1.48. The third-order valence-electron chi connectivity index (χ3n) is 3.12. The van der Waals surface area contributed by atoms with Crippen molar-refractivity contribution in [2.24, 2.45) is 5.92 Å². The molecule has 92 valence electrons. The summed E-state index contributed by atoms with van der Waals surface area (Å²) in [4.78, 5) is 11.9. The molecule has 2 nitrogen and oxygen atoms in total. The van der Waals surface area contributed by atoms with E-state index < -0.39 is 17.7 Å². The fourth-order valence-electron chi connectivity index (χ4n) is 2.08. The van der Waals surface area contributed by atoms with E-state index in [4.69, 9.17) is 4.74 Å². The molecule has 0 spiro atoms. The lowest BCUT2D eigenvalue weighted by Crippen LogP contribution is -2.27. The summed E-state index contributed by atoms with van der Waals surface area (Å²) in [6.07, 6.45) is 0.0537. The van der Waals surface area contributed by atoms with Crippen LogP contribution in [0.15, 0.2) is 18.2 Å². The molecule has 2 unspecified atom stereocenters. The molecule has 1 saturated heterocycles. The van der Waals surface area contributed by atoms with E-state index in [1.54, 1.807) is 0 Å². The van der Waals surface area contributed by atoms with E-state index in [9.17, 15) is 13.6 Å². The normalized spacial score (nSPS) is 23.9. The first-order chi connectivity index (χ1) is 8.09. The van der Waals surface area contributed by atoms with Gasteiger partial charge in [0.2, 0.25) is 0 Å². The maximum absolute atomic E-state index is 13.4. The molecule has 0 N–H and O–H groups in total. The van der Waals surface area contributed by atoms with E-state index in [0.29, 0.717) is 6.61 Å². The minimum atomic E-state index is -0.677. The van der Waals surface area contributed by atoms with Crippen LogP contribution in [0.4, 0.5) is 8.78 Å². The molecule has 0 aromatic heterocycles. The van der Waals surface area contributed by atoms with Crippen molar-refractivity contribution in [3.63, 3.8) is 0 Å². The molecule has 1 aromatic carbocycles. The monoisotopic (exact) mass is 240 g/mol. The van der Waals surface area contributed by atoms with Gasteiger partial charge in [0.25, 0.3) is 0 Å². The highest BCUT2D eigenvalue weighted by Crippen LogP contribution is 2.23. The second-order valence-electron chi connectivity index (χ2n) is 4.40. The molecular weight excluding hydrogens is 226 g/mol. The highest BCUT2D eigenvalue weighted by Gasteiger charge is 2.31. The number of ether oxygens (including phenoxy) is 1. The predicted molar refractivity (Wildman–Crippen MR) is 58.6 cm³/mol. The maximum Gasteiger partial charge on any atom is 0.166 e. The summed E-state index contributed by atoms with van der Waals surface area (Å²) in [7, 11) is 0. The number of hydrogen-bond donors (Lipinski definition) is 0. The molecule has 0 bridgehead atoms. The smallest absolute Gasteiger partial charge is 0.166 e. The van der Waals surface area contributed by atoms with Gasteiger partial charge in [-0.05, 0) is 24.5 Å². The molecule has 17 heavy (non-hydrogen) atoms. The average molecular weight is 240 g/mol. The van der Waals surface area contributed by atoms with Gasteiger partial charge >= 0.3 is 0 Å². The molecule has 1 aliphatic rings. The molecule has 0 amide bonds. The van der Waals surface area contributed by atoms with Crippen molar-refractivity contribution in [3.05, 3.63) is 35.4 Å². The summed E-state index contributed by atoms with van der Waals surface area (Å²) < 4.78 is 32.0. The van der Waals surface area contributed by atoms with E-state index >= 15 is 0 Å². The number of benzene rings is 1. The first kappa shape index (κ1) is 12.2. The highest BCUT2D eigenvalue weighted by molar-refractivity contribution is 5.85. The molecule has 0 saturated carbocycles. The van der Waals surface area contributed by atoms with Crippen LogP contribution in [0.25, 0.3) is 0 Å². The van der Waals surface area contributed by atoms with Crippen LogP contribution in [0.2, 0.25) is 0 Å². The number of carbonyl (C=O) groups excluding carboxylic acids is 1. The van der Waals surface area contributed by atoms with Gasteiger partial charge in [-0.25, -0.2) is 8.78 Å². The van der Waals surface area contributed by atoms with Crippen LogP contribution in [-0.2, 0) is 16.0 Å². The Hall–Kier alpha value is -1.29. The second kappa shape index (κ2) is 4.92. The summed E-state index contributed by atoms with van der Waals surface area (Å²) in [5.41, 5.74) is -0.166. The van der Waals surface area contributed by atoms with E-state index in [1.165, 1.54) is 6.07 Å². The van der Waals surface area contributed by atoms with Crippen LogP contribution < -0.4 is 0 Å². The Morgan fingerprint density at radius 2 is 2.06 bits per heavy atom. The minimum absolute atomic E-state index is 0.123. The van der Waals surface area contributed by atoms with E-state index in [0.717, 1.165) is 18.6 Å². The quantitative estimate of drug-likeness (QED) is 0.811. The number of ketones is 1. The third-order valence-corrected chi connectivity index (χ3v) is 3.12. The Morgan fingerprint density at radius 1 is 1.41 bits per heavy atom. The Bertz CT molecular complexity index is 411. The van der Waals surface area contributed by atoms with Crippen molar-refractivity contribution in [1.29, 1.82) is 0 Å². The van der Waals surface area contributed by atoms with Crippen LogP contribution >= 0.6 is 0 Å². The van der Waals surface area contributed by atoms with Gasteiger partial charge in [0.1, 0.15) is 17.7 Å². The van der Waals surface area contributed by atoms with Gasteiger partial charge in [-0.2, -0.15) is 0 Å². The summed E-state index contributed by atoms with van der Waals surface area (Å²) in [5, 5.41) is 0. The zero-order valence-corrected chi connectivity index (χ0v) is 9.58. The lowest BCUT2D eigenvalue weighted by atomic mass is 9.96. The van der Waals surface area contributed by atoms with Crippen molar-refractivity contribution in [1.82, 2.24) is 0 Å². The van der Waals surface area contributed by atoms with E-state index in [2.05, 4.69) is 0 Å². The molecule has 1 aliphatic heterocycles. The third kappa shape index (κ3) is 2.52. The maximum atomic E-state index is 13.4. The molecule has 0 aliphatic carbocycles. The topological polar surface area (TPSA) is 26.3 Å². The van der Waals surface area contributed by atoms with Crippen molar-refractivity contribution in [3.8, 4) is 0 Å². The molecule has 1 fully saturated rings. The zero-order valence-electron chi connectivity index (χ0n) is 9.58. The fraction of sp³-hybridized carbons (Fsp3) is 0.462. The standard InChI is InChI=1S/C13H14F2O2/c1-8-5-6-17-13(8)12(16)7-9-10(14)3-2-4-11(9)15/h2-4,8,13H,5-7H2,1H3. The van der Waals surface area contributed by atoms with E-state index in [-0.39, 0.29) is 23.7 Å². The highest BCUT2D eigenvalue weighted by atomic mass is 19.1. The van der Waals surface area contributed by atoms with Crippen LogP contribution in [-0.4, -0.2) is 18.5 Å². The summed E-state index contributed by atoms with van der Waals surface area (Å²) >= 11 is 0. The van der Waals surface area contributed by atoms with Gasteiger partial charge in [-0.3, -0.25) is 4.79 Å². The minimum Gasteiger partial charge on any atom is -0.370 e. The number of hydrogen-bond acceptors (Lipinski definition) is 2. The molecule has 2 atom stereocenters. The SMILES string of the molecule is CC1CCOC1C(=O)Cc1c(F)cccc1F. The number of rotatable bonds is 3. The summed E-state index contributed by atoms with van der Waals surface area (Å²) in [6, 6.07) is 3.60. The number of carbonyl (C=O) groups is 1. The van der Waals surface area contributed by atoms with Crippen molar-refractivity contribution >= 4 is 5.78 Å². The second-order valence-corrected chi connectivity index (χ2v) is 4.40. The fourth-order valence-corrected chi connectivity index (χ4v) is 2.08. The van der Waals surface area contributed by atoms with Gasteiger partial charge in [-0.1, -0.05) is 13.0 Å². The molecule has 1 heterocycles. The lowest BCUT2D eigenvalue weighted by molar-refractivity contribution is -0.128. The molecule has 4 heteroatoms. The summed E-state index contributed by atoms with van der Waals surface area (Å²) in [6.45, 7) is 2.45. The van der Waals surface area contributed by atoms with Gasteiger partial charge < -0.3 is 4.74 Å². The van der Waals surface area contributed by atoms with E-state index in [1.807, 2.05) is 6.92 Å². The van der Waals surface area contributed by atoms with Crippen molar-refractivity contribution < 1.29 is 18.3 Å². The lowest BCUT2D eigenvalue weighted by Gasteiger charge is -2.13. The Balaban J connectivity index is 2.13. The van der Waals surface area contributed by atoms with Gasteiger partial charge in [0.15, 0.2) is 5.78 Å². The first-order valence-corrected chi connectivity index (χ1v) is 5.67. The van der Waals surface area contributed by atoms with Crippen LogP contribution in [0, 0.1) is 17.6 Å². The number of halogens is 2. The predicted octanol–water partition coefficient (Wildman–Crippen LogP) is 2.50. The first-order valence-electron chi connectivity index (χ1n) is 5.67. The van der Waals surface area contributed by atoms with Crippen molar-refractivity contribution in [2.45, 2.75) is 25.9 Å². The Kier molecular flexibility index (Phi) is 3.52. The van der Waals surface area contributed by atoms with Crippen LogP contribution in [0.3, 0.4) is 0 Å². The molecule has 2 rings (SSSR count). The van der Waals surface area contributed by atoms with Crippen LogP contribution in [0.1, 0.15) is 18.9 Å². The van der Waals surface area contributed by atoms with Gasteiger partial charge in [0, 0.05) is 18.6 Å². The Labute approximate surface area is 98.6 Å². The van der Waals surface area contributed by atoms with Crippen LogP contribution in [0.5, 0.6) is 0 Å². The van der Waals surface area contributed by atoms with Crippen molar-refractivity contribution in [2.75, 3.05) is 6.61 Å². The van der Waals surface area contributed by atoms with Gasteiger partial charge in [0.05, 0.1) is 0 Å². The van der Waals surface area contributed by atoms with Gasteiger partial charge in [-0.15, -0.1) is 0 Å². The zero-order chi connectivity index (χ0) is 12.4.